The number of carbonyl (C=O) groups excluding carboxylic acids is 3. The molecule has 9 nitrogen and oxygen atoms in total. The average Bonchev–Trinajstić information content (AvgIpc) is 3.54. The minimum Gasteiger partial charge on any atom is -0.862 e. The summed E-state index contributed by atoms with van der Waals surface area (Å²) in [5.74, 6) is 0.805. The molecule has 0 aliphatic heterocycles. The Labute approximate surface area is 212 Å². The third kappa shape index (κ3) is 21.8. The van der Waals surface area contributed by atoms with Crippen molar-refractivity contribution in [2.75, 3.05) is 19.6 Å². The molecule has 0 bridgehead atoms. The Kier molecular flexibility index (Phi) is 16.3. The van der Waals surface area contributed by atoms with Crippen molar-refractivity contribution >= 4 is 35.0 Å². The average molecular weight is 518 g/mol. The molecule has 0 unspecified atom stereocenters. The second kappa shape index (κ2) is 17.4. The second-order valence-corrected chi connectivity index (χ2v) is 9.17. The van der Waals surface area contributed by atoms with Crippen LogP contribution in [0.4, 0.5) is 0 Å². The first-order valence-electron chi connectivity index (χ1n) is 11.6. The van der Waals surface area contributed by atoms with Crippen molar-refractivity contribution in [2.24, 2.45) is 32.7 Å². The summed E-state index contributed by atoms with van der Waals surface area (Å²) >= 11 is 0. The summed E-state index contributed by atoms with van der Waals surface area (Å²) in [5, 5.41) is 32.4. The van der Waals surface area contributed by atoms with Gasteiger partial charge in [0.15, 0.2) is 0 Å². The molecule has 0 saturated heterocycles. The SMILES string of the molecule is CC(=O)CC([O-])=NCC1CC1.CC(=O)CC([O-])=NCC1CC1.CC(=O)CC([O-])=NCC1CC1.[Fe+3]. The quantitative estimate of drug-likeness (QED) is 0.207. The van der Waals surface area contributed by atoms with Gasteiger partial charge in [-0.25, -0.2) is 0 Å². The zero-order valence-electron chi connectivity index (χ0n) is 20.4. The molecule has 3 saturated carbocycles. The summed E-state index contributed by atoms with van der Waals surface area (Å²) < 4.78 is 0. The van der Waals surface area contributed by atoms with Gasteiger partial charge < -0.3 is 30.3 Å². The molecular formula is C24H36FeN3O6. The third-order valence-electron chi connectivity index (χ3n) is 4.87. The van der Waals surface area contributed by atoms with E-state index < -0.39 is 0 Å². The number of carbonyl (C=O) groups is 3. The van der Waals surface area contributed by atoms with Crippen LogP contribution in [0.15, 0.2) is 15.0 Å². The van der Waals surface area contributed by atoms with Gasteiger partial charge in [-0.3, -0.25) is 14.4 Å². The maximum Gasteiger partial charge on any atom is 3.00 e. The molecular weight excluding hydrogens is 482 g/mol. The standard InChI is InChI=1S/3C8H13NO2.Fe/c3*1-6(10)4-8(11)9-5-7-2-3-7;/h3*7H,2-5H2,1H3,(H,9,11);/q;;;+3/p-3. The number of ketones is 3. The largest absolute Gasteiger partial charge is 3.00 e. The van der Waals surface area contributed by atoms with E-state index in [4.69, 9.17) is 0 Å². The van der Waals surface area contributed by atoms with Crippen molar-refractivity contribution in [3.63, 3.8) is 0 Å². The molecule has 3 aliphatic carbocycles. The molecule has 3 rings (SSSR count). The first-order valence-corrected chi connectivity index (χ1v) is 11.6. The number of nitrogens with zero attached hydrogens (tertiary/aromatic N) is 3. The first kappa shape index (κ1) is 31.9. The zero-order valence-corrected chi connectivity index (χ0v) is 21.5. The Morgan fingerprint density at radius 1 is 0.559 bits per heavy atom. The van der Waals surface area contributed by atoms with Crippen molar-refractivity contribution in [3.8, 4) is 0 Å². The number of Topliss-reactive ketones (excluding diaryl/α,β-unsaturated/α-hetero) is 3. The van der Waals surface area contributed by atoms with E-state index in [2.05, 4.69) is 15.0 Å². The van der Waals surface area contributed by atoms with Gasteiger partial charge in [-0.2, -0.15) is 0 Å². The molecule has 191 valence electrons. The molecule has 0 N–H and O–H groups in total. The van der Waals surface area contributed by atoms with Crippen LogP contribution in [0, 0.1) is 17.8 Å². The van der Waals surface area contributed by atoms with Gasteiger partial charge >= 0.3 is 17.1 Å². The molecule has 0 aromatic carbocycles. The van der Waals surface area contributed by atoms with E-state index in [1.54, 1.807) is 0 Å². The van der Waals surface area contributed by atoms with Crippen LogP contribution >= 0.6 is 0 Å². The van der Waals surface area contributed by atoms with E-state index in [9.17, 15) is 29.7 Å². The molecule has 3 fully saturated rings. The fraction of sp³-hybridized carbons (Fsp3) is 0.750. The maximum atomic E-state index is 10.8. The molecule has 0 amide bonds. The molecule has 0 atom stereocenters. The first-order chi connectivity index (χ1) is 15.5. The van der Waals surface area contributed by atoms with Crippen molar-refractivity contribution in [1.82, 2.24) is 0 Å². The molecule has 10 heteroatoms. The van der Waals surface area contributed by atoms with Gasteiger partial charge in [0.1, 0.15) is 17.3 Å². The van der Waals surface area contributed by atoms with E-state index >= 15 is 0 Å². The van der Waals surface area contributed by atoms with Gasteiger partial charge in [-0.1, -0.05) is 0 Å². The van der Waals surface area contributed by atoms with Crippen LogP contribution in [0.3, 0.4) is 0 Å². The summed E-state index contributed by atoms with van der Waals surface area (Å²) in [6.07, 6.45) is 7.08. The van der Waals surface area contributed by atoms with Crippen molar-refractivity contribution < 1.29 is 46.8 Å². The van der Waals surface area contributed by atoms with E-state index in [0.29, 0.717) is 37.4 Å². The Morgan fingerprint density at radius 2 is 0.765 bits per heavy atom. The van der Waals surface area contributed by atoms with E-state index in [1.807, 2.05) is 0 Å². The molecule has 34 heavy (non-hydrogen) atoms. The number of hydrogen-bond donors (Lipinski definition) is 0. The van der Waals surface area contributed by atoms with Gasteiger partial charge in [0.05, 0.1) is 0 Å². The predicted molar refractivity (Wildman–Crippen MR) is 121 cm³/mol. The Balaban J connectivity index is 0.000000473. The van der Waals surface area contributed by atoms with Crippen LogP contribution in [0.1, 0.15) is 78.6 Å². The molecule has 0 aromatic rings. The Morgan fingerprint density at radius 3 is 0.912 bits per heavy atom. The number of hydrogen-bond acceptors (Lipinski definition) is 9. The summed E-state index contributed by atoms with van der Waals surface area (Å²) in [5.41, 5.74) is 0. The van der Waals surface area contributed by atoms with Gasteiger partial charge in [0.2, 0.25) is 0 Å². The minimum atomic E-state index is -0.260. The van der Waals surface area contributed by atoms with Crippen LogP contribution in [0.2, 0.25) is 0 Å². The van der Waals surface area contributed by atoms with Gasteiger partial charge in [-0.15, -0.1) is 0 Å². The summed E-state index contributed by atoms with van der Waals surface area (Å²) in [6.45, 7) is 6.12. The normalized spacial score (nSPS) is 17.9. The van der Waals surface area contributed by atoms with E-state index in [1.165, 1.54) is 59.3 Å². The van der Waals surface area contributed by atoms with Crippen LogP contribution < -0.4 is 15.3 Å². The maximum absolute atomic E-state index is 10.8. The van der Waals surface area contributed by atoms with Crippen molar-refractivity contribution in [3.05, 3.63) is 0 Å². The van der Waals surface area contributed by atoms with Crippen molar-refractivity contribution in [2.45, 2.75) is 78.6 Å². The molecule has 0 aromatic heterocycles. The van der Waals surface area contributed by atoms with Gasteiger partial charge in [0.25, 0.3) is 0 Å². The molecule has 3 aliphatic rings. The topological polar surface area (TPSA) is 157 Å². The zero-order chi connectivity index (χ0) is 24.8. The Hall–Kier alpha value is -2.06. The molecule has 0 heterocycles. The minimum absolute atomic E-state index is 0. The summed E-state index contributed by atoms with van der Waals surface area (Å²) in [4.78, 5) is 42.6. The third-order valence-corrected chi connectivity index (χ3v) is 4.87. The monoisotopic (exact) mass is 518 g/mol. The summed E-state index contributed by atoms with van der Waals surface area (Å²) in [7, 11) is 0. The van der Waals surface area contributed by atoms with E-state index in [0.717, 1.165) is 0 Å². The van der Waals surface area contributed by atoms with Crippen LogP contribution in [-0.4, -0.2) is 54.7 Å². The summed E-state index contributed by atoms with van der Waals surface area (Å²) in [6, 6.07) is 0. The smallest absolute Gasteiger partial charge is 0.862 e. The number of rotatable bonds is 12. The van der Waals surface area contributed by atoms with Gasteiger partial charge in [-0.05, 0) is 94.7 Å². The molecule has 0 spiro atoms. The Bertz CT molecular complexity index is 654. The van der Waals surface area contributed by atoms with E-state index in [-0.39, 0.29) is 71.4 Å². The van der Waals surface area contributed by atoms with Crippen molar-refractivity contribution in [1.29, 1.82) is 0 Å². The fourth-order valence-corrected chi connectivity index (χ4v) is 2.40. The molecule has 1 radical (unpaired) electrons. The second-order valence-electron chi connectivity index (χ2n) is 9.17. The van der Waals surface area contributed by atoms with Crippen LogP contribution in [0.5, 0.6) is 0 Å². The number of aliphatic imine (C=N–C) groups is 3. The van der Waals surface area contributed by atoms with Crippen LogP contribution in [0.25, 0.3) is 0 Å². The van der Waals surface area contributed by atoms with Crippen LogP contribution in [-0.2, 0) is 31.5 Å². The van der Waals surface area contributed by atoms with Gasteiger partial charge in [0, 0.05) is 38.9 Å². The predicted octanol–water partition coefficient (Wildman–Crippen LogP) is 0.400. The fourth-order valence-electron chi connectivity index (χ4n) is 2.40.